The summed E-state index contributed by atoms with van der Waals surface area (Å²) >= 11 is 4.54. The molecule has 2 aromatic carbocycles. The van der Waals surface area contributed by atoms with Crippen molar-refractivity contribution in [3.63, 3.8) is 0 Å². The van der Waals surface area contributed by atoms with Crippen molar-refractivity contribution in [3.8, 4) is 0 Å². The molecular formula is C23H26N2S. The lowest BCUT2D eigenvalue weighted by molar-refractivity contribution is 0.0973. The molecule has 1 aliphatic carbocycles. The number of thiol groups is 1. The Balaban J connectivity index is 1.64. The summed E-state index contributed by atoms with van der Waals surface area (Å²) in [7, 11) is 2.32. The number of aromatic nitrogens is 1. The maximum absolute atomic E-state index is 4.54. The summed E-state index contributed by atoms with van der Waals surface area (Å²) in [5.74, 6) is 1.33. The van der Waals surface area contributed by atoms with Gasteiger partial charge in [0.25, 0.3) is 0 Å². The number of likely N-dealkylation sites (tertiary alicyclic amines) is 1. The van der Waals surface area contributed by atoms with Gasteiger partial charge in [0.15, 0.2) is 0 Å². The average Bonchev–Trinajstić information content (AvgIpc) is 3.03. The van der Waals surface area contributed by atoms with Gasteiger partial charge in [0, 0.05) is 41.0 Å². The molecule has 0 unspecified atom stereocenters. The van der Waals surface area contributed by atoms with Crippen molar-refractivity contribution >= 4 is 23.5 Å². The van der Waals surface area contributed by atoms with Crippen molar-refractivity contribution in [1.82, 2.24) is 9.47 Å². The largest absolute Gasteiger partial charge is 0.338 e. The lowest BCUT2D eigenvalue weighted by atomic mass is 9.65. The van der Waals surface area contributed by atoms with Crippen LogP contribution < -0.4 is 0 Å². The quantitative estimate of drug-likeness (QED) is 0.642. The van der Waals surface area contributed by atoms with Gasteiger partial charge in [-0.25, -0.2) is 0 Å². The lowest BCUT2D eigenvalue weighted by Crippen LogP contribution is -2.53. The zero-order valence-electron chi connectivity index (χ0n) is 15.5. The number of piperidine rings is 1. The van der Waals surface area contributed by atoms with Crippen molar-refractivity contribution in [2.75, 3.05) is 13.6 Å². The highest BCUT2D eigenvalue weighted by Gasteiger charge is 2.45. The van der Waals surface area contributed by atoms with Crippen molar-refractivity contribution in [1.29, 1.82) is 0 Å². The molecule has 2 heterocycles. The molecule has 3 atom stereocenters. The molecule has 0 N–H and O–H groups in total. The Morgan fingerprint density at radius 3 is 2.69 bits per heavy atom. The predicted octanol–water partition coefficient (Wildman–Crippen LogP) is 4.83. The van der Waals surface area contributed by atoms with E-state index in [-0.39, 0.29) is 5.41 Å². The molecule has 2 aliphatic rings. The van der Waals surface area contributed by atoms with Crippen LogP contribution in [0.25, 0.3) is 10.9 Å². The van der Waals surface area contributed by atoms with Crippen molar-refractivity contribution < 1.29 is 0 Å². The monoisotopic (exact) mass is 362 g/mol. The van der Waals surface area contributed by atoms with Crippen molar-refractivity contribution in [3.05, 3.63) is 71.4 Å². The molecule has 26 heavy (non-hydrogen) atoms. The first-order valence-electron chi connectivity index (χ1n) is 9.58. The van der Waals surface area contributed by atoms with Gasteiger partial charge in [-0.15, -0.1) is 0 Å². The van der Waals surface area contributed by atoms with Crippen LogP contribution in [0.1, 0.15) is 36.0 Å². The van der Waals surface area contributed by atoms with Gasteiger partial charge in [-0.1, -0.05) is 49.4 Å². The highest BCUT2D eigenvalue weighted by atomic mass is 32.1. The van der Waals surface area contributed by atoms with Gasteiger partial charge in [0.2, 0.25) is 0 Å². The number of hydrogen-bond donors (Lipinski definition) is 1. The van der Waals surface area contributed by atoms with Crippen LogP contribution in [-0.2, 0) is 17.7 Å². The SMILES string of the molecule is CN1C[C@](C)(c2ccccc2)C[C@@H]2c3cccc4c3c(cn4CS)C[C@H]21. The Hall–Kier alpha value is -1.71. The molecule has 1 aliphatic heterocycles. The minimum absolute atomic E-state index is 0.197. The normalized spacial score (nSPS) is 28.3. The number of rotatable bonds is 2. The fourth-order valence-electron chi connectivity index (χ4n) is 5.60. The fourth-order valence-corrected chi connectivity index (χ4v) is 5.83. The number of hydrogen-bond acceptors (Lipinski definition) is 2. The minimum atomic E-state index is 0.197. The molecule has 1 fully saturated rings. The van der Waals surface area contributed by atoms with Gasteiger partial charge in [-0.3, -0.25) is 0 Å². The van der Waals surface area contributed by atoms with Crippen molar-refractivity contribution in [2.24, 2.45) is 0 Å². The molecule has 2 nitrogen and oxygen atoms in total. The Labute approximate surface area is 161 Å². The van der Waals surface area contributed by atoms with Crippen LogP contribution in [0.2, 0.25) is 0 Å². The van der Waals surface area contributed by atoms with Crippen LogP contribution in [0.3, 0.4) is 0 Å². The lowest BCUT2D eigenvalue weighted by Gasteiger charge is -2.50. The summed E-state index contributed by atoms with van der Waals surface area (Å²) in [5, 5.41) is 1.49. The number of likely N-dealkylation sites (N-methyl/N-ethyl adjacent to an activating group) is 1. The van der Waals surface area contributed by atoms with Crippen LogP contribution in [0.5, 0.6) is 0 Å². The van der Waals surface area contributed by atoms with E-state index < -0.39 is 0 Å². The summed E-state index contributed by atoms with van der Waals surface area (Å²) in [6.07, 6.45) is 4.70. The topological polar surface area (TPSA) is 8.17 Å². The number of benzene rings is 2. The van der Waals surface area contributed by atoms with Gasteiger partial charge in [0.1, 0.15) is 0 Å². The molecule has 3 heteroatoms. The second-order valence-corrected chi connectivity index (χ2v) is 8.71. The third-order valence-electron chi connectivity index (χ3n) is 6.77. The smallest absolute Gasteiger partial charge is 0.0653 e. The second-order valence-electron chi connectivity index (χ2n) is 8.43. The van der Waals surface area contributed by atoms with Crippen LogP contribution in [0, 0.1) is 0 Å². The van der Waals surface area contributed by atoms with E-state index in [1.165, 1.54) is 28.5 Å². The molecule has 0 radical (unpaired) electrons. The van der Waals surface area contributed by atoms with Crippen LogP contribution in [-0.4, -0.2) is 29.1 Å². The van der Waals surface area contributed by atoms with Gasteiger partial charge >= 0.3 is 0 Å². The number of nitrogens with zero attached hydrogens (tertiary/aromatic N) is 2. The standard InChI is InChI=1S/C23H26N2S/c1-23(17-7-4-3-5-8-17)12-19-18-9-6-10-20-22(18)16(13-25(20)15-26)11-21(19)24(2)14-23/h3-10,13,19,21,26H,11-12,14-15H2,1-2H3/t19-,21-,23-/m1/s1. The minimum Gasteiger partial charge on any atom is -0.338 e. The van der Waals surface area contributed by atoms with Crippen LogP contribution in [0.15, 0.2) is 54.7 Å². The third kappa shape index (κ3) is 2.30. The van der Waals surface area contributed by atoms with E-state index in [1.807, 2.05) is 0 Å². The van der Waals surface area contributed by atoms with E-state index in [1.54, 1.807) is 5.56 Å². The second kappa shape index (κ2) is 5.90. The third-order valence-corrected chi connectivity index (χ3v) is 7.07. The maximum atomic E-state index is 4.54. The molecule has 0 amide bonds. The summed E-state index contributed by atoms with van der Waals surface area (Å²) < 4.78 is 2.30. The molecule has 0 bridgehead atoms. The zero-order chi connectivity index (χ0) is 17.9. The molecule has 5 rings (SSSR count). The summed E-state index contributed by atoms with van der Waals surface area (Å²) in [6, 6.07) is 18.5. The number of fused-ring (bicyclic) bond motifs is 2. The van der Waals surface area contributed by atoms with Crippen LogP contribution >= 0.6 is 12.6 Å². The summed E-state index contributed by atoms with van der Waals surface area (Å²) in [4.78, 5) is 2.61. The van der Waals surface area contributed by atoms with E-state index in [2.05, 4.69) is 90.8 Å². The Morgan fingerprint density at radius 2 is 1.92 bits per heavy atom. The molecule has 3 aromatic rings. The first kappa shape index (κ1) is 16.5. The molecule has 1 saturated heterocycles. The van der Waals surface area contributed by atoms with Gasteiger partial charge in [-0.2, -0.15) is 12.6 Å². The Kier molecular flexibility index (Phi) is 3.74. The fraction of sp³-hybridized carbons (Fsp3) is 0.391. The Bertz CT molecular complexity index is 961. The molecule has 0 spiro atoms. The van der Waals surface area contributed by atoms with E-state index in [4.69, 9.17) is 0 Å². The van der Waals surface area contributed by atoms with Gasteiger partial charge in [-0.05, 0) is 42.6 Å². The van der Waals surface area contributed by atoms with E-state index >= 15 is 0 Å². The predicted molar refractivity (Wildman–Crippen MR) is 112 cm³/mol. The zero-order valence-corrected chi connectivity index (χ0v) is 16.4. The maximum Gasteiger partial charge on any atom is 0.0653 e. The van der Waals surface area contributed by atoms with E-state index in [0.29, 0.717) is 12.0 Å². The van der Waals surface area contributed by atoms with Crippen LogP contribution in [0.4, 0.5) is 0 Å². The van der Waals surface area contributed by atoms with Gasteiger partial charge < -0.3 is 9.47 Å². The van der Waals surface area contributed by atoms with E-state index in [9.17, 15) is 0 Å². The molecular weight excluding hydrogens is 336 g/mol. The highest BCUT2D eigenvalue weighted by Crippen LogP contribution is 2.49. The molecule has 134 valence electrons. The first-order valence-corrected chi connectivity index (χ1v) is 10.2. The first-order chi connectivity index (χ1) is 12.6. The van der Waals surface area contributed by atoms with E-state index in [0.717, 1.165) is 18.8 Å². The summed E-state index contributed by atoms with van der Waals surface area (Å²) in [6.45, 7) is 3.57. The van der Waals surface area contributed by atoms with Gasteiger partial charge in [0.05, 0.1) is 5.88 Å². The molecule has 1 aromatic heterocycles. The highest BCUT2D eigenvalue weighted by molar-refractivity contribution is 7.79. The van der Waals surface area contributed by atoms with Crippen molar-refractivity contribution in [2.45, 2.75) is 43.0 Å². The Morgan fingerprint density at radius 1 is 1.12 bits per heavy atom. The molecule has 0 saturated carbocycles. The average molecular weight is 363 g/mol. The summed E-state index contributed by atoms with van der Waals surface area (Å²) in [5.41, 5.74) is 6.06.